The molecule has 3 aliphatic rings. The van der Waals surface area contributed by atoms with E-state index in [0.29, 0.717) is 11.8 Å². The SMILES string of the molecule is O=C1OC2CCCCC2C2CN(Cc3cccnc3)C[C@@H]12. The van der Waals surface area contributed by atoms with Gasteiger partial charge in [-0.05, 0) is 36.8 Å². The van der Waals surface area contributed by atoms with Gasteiger partial charge >= 0.3 is 5.97 Å². The molecule has 2 aliphatic heterocycles. The standard InChI is InChI=1S/C17H22N2O2/c20-17-15-11-19(9-12-4-3-7-18-8-12)10-14(15)13-5-1-2-6-16(13)21-17/h3-4,7-8,13-16H,1-2,5-6,9-11H2/t13?,14?,15-,16?/m1/s1. The molecule has 1 saturated carbocycles. The van der Waals surface area contributed by atoms with E-state index in [1.54, 1.807) is 6.20 Å². The van der Waals surface area contributed by atoms with Crippen LogP contribution in [-0.4, -0.2) is 35.0 Å². The van der Waals surface area contributed by atoms with Crippen molar-refractivity contribution in [1.29, 1.82) is 0 Å². The third-order valence-corrected chi connectivity index (χ3v) is 5.44. The van der Waals surface area contributed by atoms with Crippen molar-refractivity contribution in [2.45, 2.75) is 38.3 Å². The monoisotopic (exact) mass is 286 g/mol. The fourth-order valence-corrected chi connectivity index (χ4v) is 4.47. The topological polar surface area (TPSA) is 42.4 Å². The van der Waals surface area contributed by atoms with Crippen LogP contribution in [0.25, 0.3) is 0 Å². The lowest BCUT2D eigenvalue weighted by Gasteiger charge is -2.41. The lowest BCUT2D eigenvalue weighted by atomic mass is 9.72. The Balaban J connectivity index is 1.49. The molecule has 112 valence electrons. The molecule has 0 spiro atoms. The van der Waals surface area contributed by atoms with Crippen LogP contribution in [0.1, 0.15) is 31.2 Å². The smallest absolute Gasteiger partial charge is 0.310 e. The second-order valence-corrected chi connectivity index (χ2v) is 6.75. The summed E-state index contributed by atoms with van der Waals surface area (Å²) < 4.78 is 5.72. The largest absolute Gasteiger partial charge is 0.462 e. The van der Waals surface area contributed by atoms with Crippen LogP contribution < -0.4 is 0 Å². The van der Waals surface area contributed by atoms with Gasteiger partial charge in [-0.2, -0.15) is 0 Å². The van der Waals surface area contributed by atoms with E-state index in [9.17, 15) is 4.79 Å². The summed E-state index contributed by atoms with van der Waals surface area (Å²) in [5.41, 5.74) is 1.23. The quantitative estimate of drug-likeness (QED) is 0.782. The molecule has 4 nitrogen and oxygen atoms in total. The minimum Gasteiger partial charge on any atom is -0.462 e. The Morgan fingerprint density at radius 1 is 1.24 bits per heavy atom. The van der Waals surface area contributed by atoms with Crippen molar-refractivity contribution in [3.8, 4) is 0 Å². The highest BCUT2D eigenvalue weighted by Crippen LogP contribution is 2.44. The maximum absolute atomic E-state index is 12.3. The van der Waals surface area contributed by atoms with Crippen LogP contribution >= 0.6 is 0 Å². The molecule has 4 atom stereocenters. The molecule has 0 N–H and O–H groups in total. The van der Waals surface area contributed by atoms with E-state index >= 15 is 0 Å². The third-order valence-electron chi connectivity index (χ3n) is 5.44. The average molecular weight is 286 g/mol. The van der Waals surface area contributed by atoms with Gasteiger partial charge in [-0.15, -0.1) is 0 Å². The summed E-state index contributed by atoms with van der Waals surface area (Å²) in [6.45, 7) is 2.78. The van der Waals surface area contributed by atoms with Gasteiger partial charge in [-0.1, -0.05) is 12.5 Å². The Labute approximate surface area is 125 Å². The number of hydrogen-bond donors (Lipinski definition) is 0. The summed E-state index contributed by atoms with van der Waals surface area (Å²) in [5.74, 6) is 1.26. The number of hydrogen-bond acceptors (Lipinski definition) is 4. The molecule has 0 radical (unpaired) electrons. The van der Waals surface area contributed by atoms with E-state index < -0.39 is 0 Å². The minimum absolute atomic E-state index is 0.0526. The Morgan fingerprint density at radius 3 is 3.00 bits per heavy atom. The van der Waals surface area contributed by atoms with Gasteiger partial charge in [0.05, 0.1) is 5.92 Å². The first-order chi connectivity index (χ1) is 10.3. The zero-order valence-electron chi connectivity index (χ0n) is 12.3. The van der Waals surface area contributed by atoms with Crippen LogP contribution in [-0.2, 0) is 16.1 Å². The second-order valence-electron chi connectivity index (χ2n) is 6.75. The number of likely N-dealkylation sites (tertiary alicyclic amines) is 1. The van der Waals surface area contributed by atoms with E-state index in [-0.39, 0.29) is 18.0 Å². The molecule has 0 bridgehead atoms. The van der Waals surface area contributed by atoms with Crippen LogP contribution in [0.3, 0.4) is 0 Å². The number of rotatable bonds is 2. The minimum atomic E-state index is 0.0526. The van der Waals surface area contributed by atoms with Crippen LogP contribution in [0, 0.1) is 17.8 Å². The van der Waals surface area contributed by atoms with E-state index in [0.717, 1.165) is 26.1 Å². The Bertz CT molecular complexity index is 519. The highest BCUT2D eigenvalue weighted by atomic mass is 16.5. The fraction of sp³-hybridized carbons (Fsp3) is 0.647. The summed E-state index contributed by atoms with van der Waals surface area (Å²) in [6, 6.07) is 4.08. The van der Waals surface area contributed by atoms with Gasteiger partial charge in [-0.25, -0.2) is 0 Å². The predicted molar refractivity (Wildman–Crippen MR) is 78.3 cm³/mol. The van der Waals surface area contributed by atoms with Crippen molar-refractivity contribution < 1.29 is 9.53 Å². The molecule has 0 amide bonds. The summed E-state index contributed by atoms with van der Waals surface area (Å²) in [6.07, 6.45) is 8.74. The lowest BCUT2D eigenvalue weighted by molar-refractivity contribution is -0.172. The molecule has 1 aliphatic carbocycles. The first-order valence-corrected chi connectivity index (χ1v) is 8.13. The number of ether oxygens (including phenoxy) is 1. The van der Waals surface area contributed by atoms with Crippen molar-refractivity contribution in [3.63, 3.8) is 0 Å². The molecule has 3 unspecified atom stereocenters. The zero-order valence-corrected chi connectivity index (χ0v) is 12.3. The molecular weight excluding hydrogens is 264 g/mol. The highest BCUT2D eigenvalue weighted by molar-refractivity contribution is 5.74. The van der Waals surface area contributed by atoms with Crippen LogP contribution in [0.5, 0.6) is 0 Å². The Hall–Kier alpha value is -1.42. The number of carbonyl (C=O) groups is 1. The molecule has 0 aromatic carbocycles. The molecule has 1 aromatic heterocycles. The van der Waals surface area contributed by atoms with Gasteiger partial charge in [0, 0.05) is 37.9 Å². The molecular formula is C17H22N2O2. The van der Waals surface area contributed by atoms with Gasteiger partial charge in [0.25, 0.3) is 0 Å². The van der Waals surface area contributed by atoms with Gasteiger partial charge < -0.3 is 4.74 Å². The number of aromatic nitrogens is 1. The second kappa shape index (κ2) is 5.41. The number of fused-ring (bicyclic) bond motifs is 3. The van der Waals surface area contributed by atoms with Crippen molar-refractivity contribution >= 4 is 5.97 Å². The van der Waals surface area contributed by atoms with Crippen molar-refractivity contribution in [3.05, 3.63) is 30.1 Å². The molecule has 4 rings (SSSR count). The maximum atomic E-state index is 12.3. The van der Waals surface area contributed by atoms with Crippen LogP contribution in [0.4, 0.5) is 0 Å². The molecule has 3 fully saturated rings. The molecule has 4 heteroatoms. The predicted octanol–water partition coefficient (Wildman–Crippen LogP) is 2.25. The van der Waals surface area contributed by atoms with Gasteiger partial charge in [-0.3, -0.25) is 14.7 Å². The molecule has 21 heavy (non-hydrogen) atoms. The van der Waals surface area contributed by atoms with E-state index in [1.165, 1.54) is 24.8 Å². The van der Waals surface area contributed by atoms with Crippen molar-refractivity contribution in [2.75, 3.05) is 13.1 Å². The number of pyridine rings is 1. The highest BCUT2D eigenvalue weighted by Gasteiger charge is 2.50. The van der Waals surface area contributed by atoms with Crippen LogP contribution in [0.15, 0.2) is 24.5 Å². The van der Waals surface area contributed by atoms with Gasteiger partial charge in [0.15, 0.2) is 0 Å². The third kappa shape index (κ3) is 2.46. The first kappa shape index (κ1) is 13.3. The summed E-state index contributed by atoms with van der Waals surface area (Å²) in [7, 11) is 0. The van der Waals surface area contributed by atoms with Crippen molar-refractivity contribution in [2.24, 2.45) is 17.8 Å². The summed E-state index contributed by atoms with van der Waals surface area (Å²) in [5, 5.41) is 0. The molecule has 1 aromatic rings. The zero-order chi connectivity index (χ0) is 14.2. The first-order valence-electron chi connectivity index (χ1n) is 8.13. The van der Waals surface area contributed by atoms with Crippen LogP contribution in [0.2, 0.25) is 0 Å². The van der Waals surface area contributed by atoms with Gasteiger partial charge in [0.2, 0.25) is 0 Å². The average Bonchev–Trinajstić information content (AvgIpc) is 2.93. The van der Waals surface area contributed by atoms with Crippen molar-refractivity contribution in [1.82, 2.24) is 9.88 Å². The Morgan fingerprint density at radius 2 is 2.14 bits per heavy atom. The number of carbonyl (C=O) groups excluding carboxylic acids is 1. The van der Waals surface area contributed by atoms with E-state index in [4.69, 9.17) is 4.74 Å². The molecule has 2 saturated heterocycles. The number of esters is 1. The van der Waals surface area contributed by atoms with E-state index in [2.05, 4.69) is 16.0 Å². The van der Waals surface area contributed by atoms with Gasteiger partial charge in [0.1, 0.15) is 6.10 Å². The summed E-state index contributed by atoms with van der Waals surface area (Å²) >= 11 is 0. The normalized spacial score (nSPS) is 35.9. The maximum Gasteiger partial charge on any atom is 0.310 e. The van der Waals surface area contributed by atoms with E-state index in [1.807, 2.05) is 12.3 Å². The fourth-order valence-electron chi connectivity index (χ4n) is 4.47. The lowest BCUT2D eigenvalue weighted by Crippen LogP contribution is -2.46. The molecule has 3 heterocycles. The summed E-state index contributed by atoms with van der Waals surface area (Å²) in [4.78, 5) is 18.9. The number of nitrogens with zero attached hydrogens (tertiary/aromatic N) is 2. The Kier molecular flexibility index (Phi) is 3.42.